The van der Waals surface area contributed by atoms with Gasteiger partial charge in [-0.25, -0.2) is 0 Å². The number of carbonyl (C=O) groups excluding carboxylic acids is 2. The smallest absolute Gasteiger partial charge is 0.254 e. The number of hydrogen-bond donors (Lipinski definition) is 2. The number of morpholine rings is 1. The Labute approximate surface area is 182 Å². The second kappa shape index (κ2) is 11.9. The number of anilines is 2. The first-order valence-corrected chi connectivity index (χ1v) is 10.5. The Morgan fingerprint density at radius 2 is 1.77 bits per heavy atom. The van der Waals surface area contributed by atoms with E-state index in [1.807, 2.05) is 19.1 Å². The Kier molecular flexibility index (Phi) is 8.69. The molecule has 2 aromatic rings. The molecule has 3 rings (SSSR count). The summed E-state index contributed by atoms with van der Waals surface area (Å²) in [4.78, 5) is 26.6. The van der Waals surface area contributed by atoms with Gasteiger partial charge in [0.15, 0.2) is 0 Å². The van der Waals surface area contributed by atoms with E-state index in [2.05, 4.69) is 10.6 Å². The van der Waals surface area contributed by atoms with Crippen LogP contribution in [0.1, 0.15) is 17.3 Å². The normalized spacial score (nSPS) is 13.5. The number of nitrogens with zero attached hydrogens (tertiary/aromatic N) is 1. The fraction of sp³-hybridized carbons (Fsp3) is 0.391. The third-order valence-corrected chi connectivity index (χ3v) is 4.73. The number of amides is 2. The zero-order valence-corrected chi connectivity index (χ0v) is 17.8. The zero-order chi connectivity index (χ0) is 21.9. The second-order valence-electron chi connectivity index (χ2n) is 6.93. The van der Waals surface area contributed by atoms with Crippen LogP contribution in [0.15, 0.2) is 48.5 Å². The van der Waals surface area contributed by atoms with Crippen molar-refractivity contribution >= 4 is 23.2 Å². The van der Waals surface area contributed by atoms with Crippen LogP contribution in [-0.2, 0) is 14.3 Å². The predicted octanol–water partition coefficient (Wildman–Crippen LogP) is 2.62. The Balaban J connectivity index is 1.48. The summed E-state index contributed by atoms with van der Waals surface area (Å²) in [5, 5.41) is 5.93. The molecule has 0 saturated carbocycles. The summed E-state index contributed by atoms with van der Waals surface area (Å²) >= 11 is 0. The molecular weight excluding hydrogens is 398 g/mol. The molecule has 0 aliphatic carbocycles. The minimum absolute atomic E-state index is 0.00598. The van der Waals surface area contributed by atoms with Gasteiger partial charge in [0.1, 0.15) is 12.4 Å². The van der Waals surface area contributed by atoms with Crippen LogP contribution in [0, 0.1) is 0 Å². The van der Waals surface area contributed by atoms with Gasteiger partial charge in [0, 0.05) is 30.9 Å². The molecule has 1 aliphatic rings. The van der Waals surface area contributed by atoms with E-state index in [1.54, 1.807) is 41.3 Å². The fourth-order valence-corrected chi connectivity index (χ4v) is 3.11. The molecule has 2 N–H and O–H groups in total. The van der Waals surface area contributed by atoms with E-state index in [4.69, 9.17) is 14.2 Å². The van der Waals surface area contributed by atoms with E-state index < -0.39 is 0 Å². The van der Waals surface area contributed by atoms with Gasteiger partial charge < -0.3 is 29.7 Å². The van der Waals surface area contributed by atoms with E-state index in [0.717, 1.165) is 5.69 Å². The molecule has 0 unspecified atom stereocenters. The Hall–Kier alpha value is -3.10. The maximum absolute atomic E-state index is 12.5. The van der Waals surface area contributed by atoms with Crippen LogP contribution in [0.5, 0.6) is 5.75 Å². The van der Waals surface area contributed by atoms with E-state index in [9.17, 15) is 9.59 Å². The molecule has 8 heteroatoms. The first-order valence-electron chi connectivity index (χ1n) is 10.5. The highest BCUT2D eigenvalue weighted by Gasteiger charge is 2.18. The fourth-order valence-electron chi connectivity index (χ4n) is 3.11. The van der Waals surface area contributed by atoms with Gasteiger partial charge >= 0.3 is 0 Å². The number of carbonyl (C=O) groups is 2. The topological polar surface area (TPSA) is 89.1 Å². The van der Waals surface area contributed by atoms with Crippen LogP contribution in [0.3, 0.4) is 0 Å². The average molecular weight is 428 g/mol. The van der Waals surface area contributed by atoms with Crippen molar-refractivity contribution in [3.8, 4) is 5.75 Å². The SMILES string of the molecule is CCOCCOc1ccccc1NC(=O)CNc1ccc(C(=O)N2CCOCC2)cc1. The van der Waals surface area contributed by atoms with Crippen LogP contribution in [0.25, 0.3) is 0 Å². The lowest BCUT2D eigenvalue weighted by Crippen LogP contribution is -2.40. The Bertz CT molecular complexity index is 851. The molecule has 0 atom stereocenters. The Morgan fingerprint density at radius 1 is 1.03 bits per heavy atom. The minimum atomic E-state index is -0.200. The van der Waals surface area contributed by atoms with Crippen molar-refractivity contribution in [3.63, 3.8) is 0 Å². The summed E-state index contributed by atoms with van der Waals surface area (Å²) in [6, 6.07) is 14.4. The van der Waals surface area contributed by atoms with Crippen LogP contribution < -0.4 is 15.4 Å². The average Bonchev–Trinajstić information content (AvgIpc) is 2.82. The van der Waals surface area contributed by atoms with Gasteiger partial charge in [0.25, 0.3) is 5.91 Å². The molecule has 1 fully saturated rings. The van der Waals surface area contributed by atoms with Crippen molar-refractivity contribution < 1.29 is 23.8 Å². The van der Waals surface area contributed by atoms with Crippen molar-refractivity contribution in [3.05, 3.63) is 54.1 Å². The maximum atomic E-state index is 12.5. The highest BCUT2D eigenvalue weighted by atomic mass is 16.5. The summed E-state index contributed by atoms with van der Waals surface area (Å²) in [7, 11) is 0. The molecule has 166 valence electrons. The molecule has 2 amide bonds. The van der Waals surface area contributed by atoms with Crippen LogP contribution >= 0.6 is 0 Å². The van der Waals surface area contributed by atoms with E-state index >= 15 is 0 Å². The molecule has 0 radical (unpaired) electrons. The second-order valence-corrected chi connectivity index (χ2v) is 6.93. The lowest BCUT2D eigenvalue weighted by atomic mass is 10.1. The molecule has 1 saturated heterocycles. The number of benzene rings is 2. The van der Waals surface area contributed by atoms with Crippen molar-refractivity contribution in [2.75, 3.05) is 63.3 Å². The first kappa shape index (κ1) is 22.6. The van der Waals surface area contributed by atoms with Crippen LogP contribution in [0.4, 0.5) is 11.4 Å². The first-order chi connectivity index (χ1) is 15.2. The molecule has 1 aliphatic heterocycles. The molecule has 0 spiro atoms. The number of nitrogens with one attached hydrogen (secondary N) is 2. The predicted molar refractivity (Wildman–Crippen MR) is 119 cm³/mol. The molecule has 8 nitrogen and oxygen atoms in total. The summed E-state index contributed by atoms with van der Waals surface area (Å²) in [6.45, 7) is 5.91. The summed E-state index contributed by atoms with van der Waals surface area (Å²) < 4.78 is 16.2. The van der Waals surface area contributed by atoms with Crippen molar-refractivity contribution in [1.29, 1.82) is 0 Å². The van der Waals surface area contributed by atoms with Gasteiger partial charge in [-0.05, 0) is 43.3 Å². The standard InChI is InChI=1S/C23H29N3O5/c1-2-29-15-16-31-21-6-4-3-5-20(21)25-22(27)17-24-19-9-7-18(8-10-19)23(28)26-11-13-30-14-12-26/h3-10,24H,2,11-17H2,1H3,(H,25,27). The Morgan fingerprint density at radius 3 is 2.52 bits per heavy atom. The molecular formula is C23H29N3O5. The van der Waals surface area contributed by atoms with Crippen molar-refractivity contribution in [2.24, 2.45) is 0 Å². The van der Waals surface area contributed by atoms with Crippen LogP contribution in [-0.4, -0.2) is 69.4 Å². The molecule has 2 aromatic carbocycles. The number of hydrogen-bond acceptors (Lipinski definition) is 6. The van der Waals surface area contributed by atoms with Gasteiger partial charge in [-0.15, -0.1) is 0 Å². The van der Waals surface area contributed by atoms with Crippen molar-refractivity contribution in [1.82, 2.24) is 4.90 Å². The van der Waals surface area contributed by atoms with Gasteiger partial charge in [-0.1, -0.05) is 12.1 Å². The van der Waals surface area contributed by atoms with Gasteiger partial charge in [-0.2, -0.15) is 0 Å². The number of ether oxygens (including phenoxy) is 3. The molecule has 31 heavy (non-hydrogen) atoms. The summed E-state index contributed by atoms with van der Waals surface area (Å²) in [5.74, 6) is 0.393. The lowest BCUT2D eigenvalue weighted by molar-refractivity contribution is -0.114. The highest BCUT2D eigenvalue weighted by Crippen LogP contribution is 2.23. The van der Waals surface area contributed by atoms with E-state index in [0.29, 0.717) is 63.1 Å². The molecule has 1 heterocycles. The minimum Gasteiger partial charge on any atom is -0.489 e. The number of rotatable bonds is 10. The van der Waals surface area contributed by atoms with E-state index in [1.165, 1.54) is 0 Å². The monoisotopic (exact) mass is 427 g/mol. The van der Waals surface area contributed by atoms with Gasteiger partial charge in [0.2, 0.25) is 5.91 Å². The third kappa shape index (κ3) is 6.97. The highest BCUT2D eigenvalue weighted by molar-refractivity contribution is 5.96. The lowest BCUT2D eigenvalue weighted by Gasteiger charge is -2.26. The number of para-hydroxylation sites is 2. The van der Waals surface area contributed by atoms with E-state index in [-0.39, 0.29) is 18.4 Å². The van der Waals surface area contributed by atoms with Gasteiger partial charge in [-0.3, -0.25) is 9.59 Å². The third-order valence-electron chi connectivity index (χ3n) is 4.73. The quantitative estimate of drug-likeness (QED) is 0.567. The van der Waals surface area contributed by atoms with Crippen molar-refractivity contribution in [2.45, 2.75) is 6.92 Å². The van der Waals surface area contributed by atoms with Gasteiger partial charge in [0.05, 0.1) is 32.1 Å². The maximum Gasteiger partial charge on any atom is 0.254 e. The molecule has 0 aromatic heterocycles. The summed E-state index contributed by atoms with van der Waals surface area (Å²) in [6.07, 6.45) is 0. The zero-order valence-electron chi connectivity index (χ0n) is 17.8. The largest absolute Gasteiger partial charge is 0.489 e. The summed E-state index contributed by atoms with van der Waals surface area (Å²) in [5.41, 5.74) is 1.99. The molecule has 0 bridgehead atoms. The van der Waals surface area contributed by atoms with Crippen LogP contribution in [0.2, 0.25) is 0 Å².